The van der Waals surface area contributed by atoms with Crippen LogP contribution in [0.4, 0.5) is 0 Å². The van der Waals surface area contributed by atoms with Gasteiger partial charge in [-0.1, -0.05) is 24.3 Å². The van der Waals surface area contributed by atoms with E-state index in [1.54, 1.807) is 36.4 Å². The molecule has 0 bridgehead atoms. The highest BCUT2D eigenvalue weighted by molar-refractivity contribution is 6.03. The van der Waals surface area contributed by atoms with E-state index in [-0.39, 0.29) is 140 Å². The molecule has 0 fully saturated rings. The number of rotatable bonds is 37. The van der Waals surface area contributed by atoms with Crippen LogP contribution < -0.4 is 75.0 Å². The Bertz CT molecular complexity index is 2960. The maximum Gasteiger partial charge on any atom is 0.255 e. The lowest BCUT2D eigenvalue weighted by Crippen LogP contribution is -2.42. The molecule has 82 heavy (non-hydrogen) atoms. The third kappa shape index (κ3) is 20.6. The number of ether oxygens (including phenoxy) is 4. The summed E-state index contributed by atoms with van der Waals surface area (Å²) in [6.07, 6.45) is 2.42. The molecule has 24 heteroatoms. The van der Waals surface area contributed by atoms with Crippen LogP contribution in [-0.4, -0.2) is 131 Å². The van der Waals surface area contributed by atoms with Gasteiger partial charge in [0.05, 0.1) is 68.8 Å². The zero-order valence-electron chi connectivity index (χ0n) is 47.0. The van der Waals surface area contributed by atoms with E-state index in [4.69, 9.17) is 59.1 Å². The van der Waals surface area contributed by atoms with Gasteiger partial charge in [-0.05, 0) is 135 Å². The topological polar surface area (TPSA) is 416 Å². The molecule has 0 saturated heterocycles. The first-order valence-corrected chi connectivity index (χ1v) is 26.8. The predicted octanol–water partition coefficient (Wildman–Crippen LogP) is 1.64. The van der Waals surface area contributed by atoms with Gasteiger partial charge in [0, 0.05) is 45.2 Å². The molecule has 4 aromatic rings. The van der Waals surface area contributed by atoms with Crippen molar-refractivity contribution in [2.45, 2.75) is 102 Å². The number of unbranched alkanes of at least 4 members (excludes halogenated alkanes) is 1. The average Bonchev–Trinajstić information content (AvgIpc) is 3.63. The number of carbonyl (C=O) groups excluding carboxylic acids is 8. The van der Waals surface area contributed by atoms with E-state index in [0.29, 0.717) is 60.9 Å². The first-order valence-electron chi connectivity index (χ1n) is 26.8. The number of methoxy groups -OCH3 is 4. The molecule has 0 aliphatic carbocycles. The van der Waals surface area contributed by atoms with Crippen LogP contribution in [0.25, 0.3) is 0 Å². The van der Waals surface area contributed by atoms with Gasteiger partial charge in [-0.15, -0.1) is 0 Å². The highest BCUT2D eigenvalue weighted by Crippen LogP contribution is 2.26. The number of Topliss-reactive ketones (excluding diaryl/α,β-unsaturated/α-hetero) is 4. The largest absolute Gasteiger partial charge is 0.496 e. The van der Waals surface area contributed by atoms with Crippen LogP contribution in [0.2, 0.25) is 0 Å². The minimum absolute atomic E-state index is 0.00950. The number of benzene rings is 4. The standard InChI is InChI=1S/C58H78N12O12/c1-79-49-18-15-35(27-39(49)53(61)75)31-46(72)43(11-7-23-60)68-55(77)41-29-36(16-20-51(41)81-3)32-48(74)45(13-9-25-67-58(64)65)70-56(78)42-30-37(17-21-52(42)82-4)33-47(73)44(12-8-24-66-57(62)63)69-54(76)40-28-34(14-19-50(40)80-2)26-38(71)10-5-6-22-59/h14-21,27-30,43-45H,5-13,22-26,31-33,59-60H2,1-4H3,(H2,61,75)(H,68,77)(H,69,76)(H,70,78)(H4,62,63,66)(H4,64,65,67)/t43-,44-,45-/m1/s1. The number of hydrogen-bond donors (Lipinski definition) is 10. The van der Waals surface area contributed by atoms with Gasteiger partial charge >= 0.3 is 0 Å². The van der Waals surface area contributed by atoms with Crippen molar-refractivity contribution in [1.29, 1.82) is 0 Å². The Morgan fingerprint density at radius 1 is 0.427 bits per heavy atom. The molecular formula is C58H78N12O12. The molecule has 0 radical (unpaired) electrons. The Morgan fingerprint density at radius 3 is 1.06 bits per heavy atom. The van der Waals surface area contributed by atoms with Gasteiger partial charge in [0.25, 0.3) is 23.6 Å². The van der Waals surface area contributed by atoms with E-state index in [9.17, 15) is 38.4 Å². The van der Waals surface area contributed by atoms with Crippen molar-refractivity contribution < 1.29 is 57.3 Å². The number of guanidine groups is 2. The Hall–Kier alpha value is -8.90. The number of nitrogens with zero attached hydrogens (tertiary/aromatic N) is 2. The quantitative estimate of drug-likeness (QED) is 0.0174. The lowest BCUT2D eigenvalue weighted by Gasteiger charge is -2.21. The molecule has 0 heterocycles. The van der Waals surface area contributed by atoms with E-state index in [1.165, 1.54) is 64.8 Å². The first-order chi connectivity index (χ1) is 39.2. The zero-order chi connectivity index (χ0) is 60.3. The molecule has 4 amide bonds. The maximum absolute atomic E-state index is 14.4. The lowest BCUT2D eigenvalue weighted by atomic mass is 9.96. The highest BCUT2D eigenvalue weighted by atomic mass is 16.5. The van der Waals surface area contributed by atoms with Gasteiger partial charge in [0.2, 0.25) is 0 Å². The number of carbonyl (C=O) groups is 8. The van der Waals surface area contributed by atoms with Crippen molar-refractivity contribution >= 4 is 58.7 Å². The van der Waals surface area contributed by atoms with E-state index in [2.05, 4.69) is 25.9 Å². The Morgan fingerprint density at radius 2 is 0.744 bits per heavy atom. The Kier molecular flexibility index (Phi) is 26.9. The van der Waals surface area contributed by atoms with Gasteiger partial charge in [0.15, 0.2) is 29.3 Å². The summed E-state index contributed by atoms with van der Waals surface area (Å²) in [5.41, 5.74) is 41.2. The summed E-state index contributed by atoms with van der Waals surface area (Å²) in [5.74, 6) is -3.61. The molecule has 0 saturated carbocycles. The van der Waals surface area contributed by atoms with E-state index in [1.807, 2.05) is 0 Å². The first kappa shape index (κ1) is 65.6. The fourth-order valence-corrected chi connectivity index (χ4v) is 8.92. The fraction of sp³-hybridized carbons (Fsp3) is 0.414. The molecule has 0 aromatic heterocycles. The van der Waals surface area contributed by atoms with Crippen molar-refractivity contribution in [3.05, 3.63) is 117 Å². The van der Waals surface area contributed by atoms with Gasteiger partial charge in [0.1, 0.15) is 28.8 Å². The van der Waals surface area contributed by atoms with Crippen LogP contribution >= 0.6 is 0 Å². The minimum atomic E-state index is -1.14. The molecule has 4 rings (SSSR count). The second-order valence-corrected chi connectivity index (χ2v) is 19.3. The van der Waals surface area contributed by atoms with Crippen molar-refractivity contribution in [2.24, 2.45) is 50.1 Å². The van der Waals surface area contributed by atoms with Crippen molar-refractivity contribution in [1.82, 2.24) is 16.0 Å². The van der Waals surface area contributed by atoms with Crippen LogP contribution in [0.5, 0.6) is 23.0 Å². The summed E-state index contributed by atoms with van der Waals surface area (Å²) in [6, 6.07) is 15.3. The third-order valence-electron chi connectivity index (χ3n) is 13.2. The summed E-state index contributed by atoms with van der Waals surface area (Å²) < 4.78 is 21.8. The molecular weight excluding hydrogens is 1060 g/mol. The summed E-state index contributed by atoms with van der Waals surface area (Å²) in [7, 11) is 5.50. The monoisotopic (exact) mass is 1130 g/mol. The molecule has 0 aliphatic rings. The number of hydrogen-bond acceptors (Lipinski definition) is 16. The summed E-state index contributed by atoms with van der Waals surface area (Å²) >= 11 is 0. The van der Waals surface area contributed by atoms with Crippen LogP contribution in [0.3, 0.4) is 0 Å². The molecule has 3 atom stereocenters. The number of amides is 4. The fourth-order valence-electron chi connectivity index (χ4n) is 8.92. The number of primary amides is 1. The molecule has 0 unspecified atom stereocenters. The molecule has 24 nitrogen and oxygen atoms in total. The second-order valence-electron chi connectivity index (χ2n) is 19.3. The molecule has 17 N–H and O–H groups in total. The van der Waals surface area contributed by atoms with Crippen LogP contribution in [-0.2, 0) is 44.9 Å². The minimum Gasteiger partial charge on any atom is -0.496 e. The summed E-state index contributed by atoms with van der Waals surface area (Å²) in [5, 5.41) is 8.45. The molecule has 442 valence electrons. The van der Waals surface area contributed by atoms with Crippen LogP contribution in [0.1, 0.15) is 121 Å². The highest BCUT2D eigenvalue weighted by Gasteiger charge is 2.29. The Labute approximate surface area is 477 Å². The second kappa shape index (κ2) is 33.6. The number of aliphatic imine (C=N–C) groups is 2. The molecule has 0 spiro atoms. The van der Waals surface area contributed by atoms with Gasteiger partial charge in [-0.3, -0.25) is 48.3 Å². The van der Waals surface area contributed by atoms with E-state index in [0.717, 1.165) is 0 Å². The number of ketones is 4. The third-order valence-corrected chi connectivity index (χ3v) is 13.2. The molecule has 0 aliphatic heterocycles. The summed E-state index contributed by atoms with van der Waals surface area (Å²) in [4.78, 5) is 118. The van der Waals surface area contributed by atoms with Crippen molar-refractivity contribution in [3.8, 4) is 23.0 Å². The molecule has 4 aromatic carbocycles. The zero-order valence-corrected chi connectivity index (χ0v) is 47.0. The van der Waals surface area contributed by atoms with Gasteiger partial charge in [-0.25, -0.2) is 0 Å². The Balaban J connectivity index is 1.59. The summed E-state index contributed by atoms with van der Waals surface area (Å²) in [6.45, 7) is 0.995. The number of nitrogens with one attached hydrogen (secondary N) is 3. The average molecular weight is 1140 g/mol. The van der Waals surface area contributed by atoms with Crippen molar-refractivity contribution in [3.63, 3.8) is 0 Å². The van der Waals surface area contributed by atoms with Crippen molar-refractivity contribution in [2.75, 3.05) is 54.6 Å². The lowest BCUT2D eigenvalue weighted by molar-refractivity contribution is -0.121. The van der Waals surface area contributed by atoms with Crippen LogP contribution in [0.15, 0.2) is 82.8 Å². The normalized spacial score (nSPS) is 11.9. The van der Waals surface area contributed by atoms with E-state index >= 15 is 0 Å². The van der Waals surface area contributed by atoms with E-state index < -0.39 is 53.3 Å². The van der Waals surface area contributed by atoms with Crippen LogP contribution in [0, 0.1) is 0 Å². The number of nitrogens with two attached hydrogens (primary N) is 7. The maximum atomic E-state index is 14.4. The predicted molar refractivity (Wildman–Crippen MR) is 310 cm³/mol. The SMILES string of the molecule is COc1ccc(CC(=O)[C@@H](CCCN)NC(=O)c2cc(CC(=O)[C@@H](CCCN=C(N)N)NC(=O)c3cc(CC(=O)[C@@H](CCCN=C(N)N)NC(=O)c4cc(CC(=O)CCCCN)ccc4OC)ccc3OC)ccc2OC)cc1C(N)=O. The smallest absolute Gasteiger partial charge is 0.255 e. The van der Waals surface area contributed by atoms with Gasteiger partial charge in [-0.2, -0.15) is 0 Å². The van der Waals surface area contributed by atoms with Gasteiger partial charge < -0.3 is 75.0 Å².